The quantitative estimate of drug-likeness (QED) is 0.105. The number of furan rings is 1. The summed E-state index contributed by atoms with van der Waals surface area (Å²) in [6, 6.07) is 23.0. The van der Waals surface area contributed by atoms with Crippen molar-refractivity contribution < 1.29 is 18.9 Å². The van der Waals surface area contributed by atoms with Gasteiger partial charge in [0.15, 0.2) is 12.4 Å². The maximum atomic E-state index is 13.7. The number of ether oxygens (including phenoxy) is 1. The molecule has 0 aliphatic heterocycles. The van der Waals surface area contributed by atoms with Gasteiger partial charge in [0.05, 0.1) is 22.0 Å². The number of nitrogens with zero attached hydrogens (tertiary/aromatic N) is 4. The summed E-state index contributed by atoms with van der Waals surface area (Å²) in [7, 11) is 0. The van der Waals surface area contributed by atoms with Gasteiger partial charge in [0.1, 0.15) is 5.58 Å². The van der Waals surface area contributed by atoms with Crippen LogP contribution in [-0.2, 0) is 4.79 Å². The minimum Gasteiger partial charge on any atom is -0.476 e. The molecule has 4 aromatic carbocycles. The number of fused-ring (bicyclic) bond motifs is 2. The van der Waals surface area contributed by atoms with Crippen LogP contribution in [0, 0.1) is 17.0 Å². The van der Waals surface area contributed by atoms with Crippen molar-refractivity contribution in [1.29, 1.82) is 0 Å². The number of hydrogen-bond donors (Lipinski definition) is 1. The Bertz CT molecular complexity index is 2210. The zero-order chi connectivity index (χ0) is 31.7. The second-order valence-corrected chi connectivity index (χ2v) is 10.8. The Morgan fingerprint density at radius 2 is 1.84 bits per heavy atom. The number of halogens is 2. The number of benzene rings is 4. The standard InChI is InChI=1S/C32H21Cl2N5O6/c1-18-6-9-23(10-7-18)36-29(40)17-44-30-20(13-22(34)15-26(30)39(42)43)16-35-38-31(37-25-5-3-2-4-24(25)32(38)41)28-14-19-12-21(33)8-11-27(19)45-28/h2-16H,17H2,1H3,(H,36,40). The summed E-state index contributed by atoms with van der Waals surface area (Å²) < 4.78 is 12.7. The molecule has 45 heavy (non-hydrogen) atoms. The average molecular weight is 642 g/mol. The molecule has 0 unspecified atom stereocenters. The van der Waals surface area contributed by atoms with Crippen LogP contribution in [0.15, 0.2) is 99.2 Å². The molecule has 0 saturated carbocycles. The summed E-state index contributed by atoms with van der Waals surface area (Å²) in [5.41, 5.74) is 1.48. The summed E-state index contributed by atoms with van der Waals surface area (Å²) in [4.78, 5) is 42.2. The van der Waals surface area contributed by atoms with Gasteiger partial charge < -0.3 is 14.5 Å². The predicted molar refractivity (Wildman–Crippen MR) is 173 cm³/mol. The molecule has 1 amide bonds. The molecular formula is C32H21Cl2N5O6. The Kier molecular flexibility index (Phi) is 8.03. The van der Waals surface area contributed by atoms with Gasteiger partial charge >= 0.3 is 5.69 Å². The van der Waals surface area contributed by atoms with Crippen molar-refractivity contribution in [1.82, 2.24) is 9.66 Å². The number of rotatable bonds is 8. The van der Waals surface area contributed by atoms with Crippen molar-refractivity contribution in [3.8, 4) is 17.3 Å². The second-order valence-electron chi connectivity index (χ2n) is 9.91. The number of anilines is 1. The number of amides is 1. The molecule has 2 heterocycles. The van der Waals surface area contributed by atoms with Gasteiger partial charge in [-0.05, 0) is 61.5 Å². The van der Waals surface area contributed by atoms with Gasteiger partial charge in [0, 0.05) is 32.7 Å². The maximum absolute atomic E-state index is 13.7. The Morgan fingerprint density at radius 3 is 2.62 bits per heavy atom. The molecule has 13 heteroatoms. The molecule has 0 aliphatic carbocycles. The van der Waals surface area contributed by atoms with Crippen molar-refractivity contribution in [2.45, 2.75) is 6.92 Å². The third-order valence-electron chi connectivity index (χ3n) is 6.71. The van der Waals surface area contributed by atoms with Gasteiger partial charge in [-0.1, -0.05) is 53.0 Å². The average Bonchev–Trinajstić information content (AvgIpc) is 3.44. The number of nitro benzene ring substituents is 1. The first-order valence-electron chi connectivity index (χ1n) is 13.4. The second kappa shape index (κ2) is 12.2. The number of aromatic nitrogens is 2. The van der Waals surface area contributed by atoms with E-state index >= 15 is 0 Å². The van der Waals surface area contributed by atoms with E-state index in [1.165, 1.54) is 12.3 Å². The van der Waals surface area contributed by atoms with Crippen LogP contribution in [0.25, 0.3) is 33.5 Å². The summed E-state index contributed by atoms with van der Waals surface area (Å²) in [6.45, 7) is 1.36. The molecule has 0 fully saturated rings. The predicted octanol–water partition coefficient (Wildman–Crippen LogP) is 7.23. The van der Waals surface area contributed by atoms with Crippen molar-refractivity contribution in [3.05, 3.63) is 127 Å². The molecule has 224 valence electrons. The van der Waals surface area contributed by atoms with Gasteiger partial charge in [0.2, 0.25) is 11.6 Å². The fourth-order valence-electron chi connectivity index (χ4n) is 4.59. The SMILES string of the molecule is Cc1ccc(NC(=O)COc2c(C=Nn3c(-c4cc5cc(Cl)ccc5o4)nc4ccccc4c3=O)cc(Cl)cc2[N+](=O)[O-])cc1. The monoisotopic (exact) mass is 641 g/mol. The summed E-state index contributed by atoms with van der Waals surface area (Å²) in [6.07, 6.45) is 1.17. The summed E-state index contributed by atoms with van der Waals surface area (Å²) in [5, 5.41) is 20.5. The number of carbonyl (C=O) groups excluding carboxylic acids is 1. The molecule has 0 saturated heterocycles. The Hall–Kier alpha value is -5.52. The van der Waals surface area contributed by atoms with Gasteiger partial charge in [-0.25, -0.2) is 4.98 Å². The van der Waals surface area contributed by atoms with Crippen LogP contribution in [0.4, 0.5) is 11.4 Å². The first-order chi connectivity index (χ1) is 21.7. The van der Waals surface area contributed by atoms with Gasteiger partial charge in [-0.3, -0.25) is 19.7 Å². The summed E-state index contributed by atoms with van der Waals surface area (Å²) in [5.74, 6) is -0.519. The Balaban J connectivity index is 1.42. The molecule has 0 aliphatic rings. The van der Waals surface area contributed by atoms with Crippen molar-refractivity contribution in [3.63, 3.8) is 0 Å². The molecule has 6 rings (SSSR count). The van der Waals surface area contributed by atoms with E-state index in [-0.39, 0.29) is 33.3 Å². The highest BCUT2D eigenvalue weighted by Gasteiger charge is 2.23. The van der Waals surface area contributed by atoms with Crippen LogP contribution in [0.2, 0.25) is 10.0 Å². The zero-order valence-electron chi connectivity index (χ0n) is 23.4. The molecule has 2 aromatic heterocycles. The van der Waals surface area contributed by atoms with Gasteiger partial charge in [-0.15, -0.1) is 0 Å². The van der Waals surface area contributed by atoms with Gasteiger partial charge in [0.25, 0.3) is 11.5 Å². The minimum absolute atomic E-state index is 0.0120. The van der Waals surface area contributed by atoms with Crippen LogP contribution >= 0.6 is 23.2 Å². The number of carbonyl (C=O) groups is 1. The van der Waals surface area contributed by atoms with E-state index in [1.807, 2.05) is 19.1 Å². The highest BCUT2D eigenvalue weighted by atomic mass is 35.5. The third kappa shape index (κ3) is 6.26. The largest absolute Gasteiger partial charge is 0.476 e. The summed E-state index contributed by atoms with van der Waals surface area (Å²) >= 11 is 12.4. The number of nitro groups is 1. The number of para-hydroxylation sites is 1. The molecular weight excluding hydrogens is 621 g/mol. The Morgan fingerprint density at radius 1 is 1.07 bits per heavy atom. The van der Waals surface area contributed by atoms with E-state index in [0.29, 0.717) is 27.2 Å². The van der Waals surface area contributed by atoms with Crippen LogP contribution in [0.3, 0.4) is 0 Å². The Labute approximate surface area is 264 Å². The highest BCUT2D eigenvalue weighted by Crippen LogP contribution is 2.34. The topological polar surface area (TPSA) is 142 Å². The van der Waals surface area contributed by atoms with E-state index in [2.05, 4.69) is 15.4 Å². The van der Waals surface area contributed by atoms with Crippen molar-refractivity contribution in [2.24, 2.45) is 5.10 Å². The maximum Gasteiger partial charge on any atom is 0.313 e. The number of hydrogen-bond acceptors (Lipinski definition) is 8. The molecule has 0 spiro atoms. The molecule has 0 radical (unpaired) electrons. The van der Waals surface area contributed by atoms with Crippen molar-refractivity contribution in [2.75, 3.05) is 11.9 Å². The molecule has 1 N–H and O–H groups in total. The van der Waals surface area contributed by atoms with Crippen molar-refractivity contribution >= 4 is 68.6 Å². The highest BCUT2D eigenvalue weighted by molar-refractivity contribution is 6.31. The third-order valence-corrected chi connectivity index (χ3v) is 7.16. The van der Waals surface area contributed by atoms with E-state index in [9.17, 15) is 19.7 Å². The van der Waals surface area contributed by atoms with E-state index in [4.69, 9.17) is 32.4 Å². The number of nitrogens with one attached hydrogen (secondary N) is 1. The van der Waals surface area contributed by atoms with E-state index < -0.39 is 28.7 Å². The van der Waals surface area contributed by atoms with Gasteiger partial charge in [-0.2, -0.15) is 9.78 Å². The van der Waals surface area contributed by atoms with E-state index in [1.54, 1.807) is 60.7 Å². The van der Waals surface area contributed by atoms with E-state index in [0.717, 1.165) is 16.3 Å². The molecule has 0 atom stereocenters. The fourth-order valence-corrected chi connectivity index (χ4v) is 5.00. The normalized spacial score (nSPS) is 11.4. The molecule has 6 aromatic rings. The van der Waals surface area contributed by atoms with Crippen LogP contribution in [0.1, 0.15) is 11.1 Å². The smallest absolute Gasteiger partial charge is 0.313 e. The lowest BCUT2D eigenvalue weighted by Gasteiger charge is -2.11. The first-order valence-corrected chi connectivity index (χ1v) is 14.1. The van der Waals surface area contributed by atoms with Crippen LogP contribution in [0.5, 0.6) is 5.75 Å². The minimum atomic E-state index is -0.689. The van der Waals surface area contributed by atoms with Crippen LogP contribution < -0.4 is 15.6 Å². The number of aryl methyl sites for hydroxylation is 1. The lowest BCUT2D eigenvalue weighted by molar-refractivity contribution is -0.385. The lowest BCUT2D eigenvalue weighted by atomic mass is 10.2. The fraction of sp³-hybridized carbons (Fsp3) is 0.0625. The zero-order valence-corrected chi connectivity index (χ0v) is 24.9. The molecule has 0 bridgehead atoms. The molecule has 11 nitrogen and oxygen atoms in total. The van der Waals surface area contributed by atoms with Crippen LogP contribution in [-0.4, -0.2) is 33.3 Å². The lowest BCUT2D eigenvalue weighted by Crippen LogP contribution is -2.21. The first kappa shape index (κ1) is 29.5.